The van der Waals surface area contributed by atoms with Crippen molar-refractivity contribution in [3.05, 3.63) is 36.2 Å². The molecule has 0 atom stereocenters. The van der Waals surface area contributed by atoms with Crippen molar-refractivity contribution in [2.45, 2.75) is 0 Å². The van der Waals surface area contributed by atoms with E-state index in [1.165, 1.54) is 0 Å². The summed E-state index contributed by atoms with van der Waals surface area (Å²) in [7, 11) is 3.82. The van der Waals surface area contributed by atoms with Crippen molar-refractivity contribution in [2.75, 3.05) is 23.9 Å². The fourth-order valence-electron chi connectivity index (χ4n) is 2.27. The summed E-state index contributed by atoms with van der Waals surface area (Å²) < 4.78 is 0. The van der Waals surface area contributed by atoms with Crippen LogP contribution < -0.4 is 9.80 Å². The van der Waals surface area contributed by atoms with Gasteiger partial charge in [-0.25, -0.2) is 9.97 Å². The topological polar surface area (TPSA) is 49.3 Å². The first-order valence-electron chi connectivity index (χ1n) is 5.60. The molecule has 1 aliphatic rings. The van der Waals surface area contributed by atoms with Crippen LogP contribution in [-0.2, 0) is 0 Å². The molecule has 0 amide bonds. The van der Waals surface area contributed by atoms with E-state index in [1.54, 1.807) is 18.5 Å². The maximum atomic E-state index is 11.2. The zero-order valence-electron chi connectivity index (χ0n) is 10.2. The van der Waals surface area contributed by atoms with E-state index in [1.807, 2.05) is 36.0 Å². The first-order valence-corrected chi connectivity index (χ1v) is 5.60. The van der Waals surface area contributed by atoms with E-state index in [4.69, 9.17) is 0 Å². The Morgan fingerprint density at radius 2 is 1.83 bits per heavy atom. The number of aldehydes is 1. The molecule has 0 fully saturated rings. The monoisotopic (exact) mass is 240 g/mol. The molecule has 18 heavy (non-hydrogen) atoms. The highest BCUT2D eigenvalue weighted by Crippen LogP contribution is 2.44. The predicted octanol–water partition coefficient (Wildman–Crippen LogP) is 2.14. The molecule has 0 N–H and O–H groups in total. The summed E-state index contributed by atoms with van der Waals surface area (Å²) in [5.41, 5.74) is 2.41. The predicted molar refractivity (Wildman–Crippen MR) is 70.0 cm³/mol. The van der Waals surface area contributed by atoms with Crippen LogP contribution in [0, 0.1) is 0 Å². The average Bonchev–Trinajstić information content (AvgIpc) is 2.44. The molecule has 5 heteroatoms. The van der Waals surface area contributed by atoms with Crippen LogP contribution in [0.4, 0.5) is 23.0 Å². The van der Waals surface area contributed by atoms with Gasteiger partial charge in [-0.15, -0.1) is 0 Å². The molecular formula is C13H12N4O. The SMILES string of the molecule is CN1c2ncccc2N(C)c2c(C=O)ccnc21. The van der Waals surface area contributed by atoms with Crippen molar-refractivity contribution in [3.8, 4) is 0 Å². The Labute approximate surface area is 105 Å². The first-order chi connectivity index (χ1) is 8.74. The van der Waals surface area contributed by atoms with Crippen LogP contribution in [0.5, 0.6) is 0 Å². The van der Waals surface area contributed by atoms with Gasteiger partial charge in [0.1, 0.15) is 0 Å². The minimum Gasteiger partial charge on any atom is -0.338 e. The third-order valence-corrected chi connectivity index (χ3v) is 3.16. The lowest BCUT2D eigenvalue weighted by molar-refractivity contribution is 0.112. The van der Waals surface area contributed by atoms with Crippen LogP contribution in [0.2, 0.25) is 0 Å². The van der Waals surface area contributed by atoms with Gasteiger partial charge in [0, 0.05) is 32.1 Å². The summed E-state index contributed by atoms with van der Waals surface area (Å²) in [4.78, 5) is 23.7. The van der Waals surface area contributed by atoms with E-state index in [0.29, 0.717) is 5.56 Å². The Kier molecular flexibility index (Phi) is 2.26. The van der Waals surface area contributed by atoms with Crippen LogP contribution >= 0.6 is 0 Å². The van der Waals surface area contributed by atoms with Gasteiger partial charge < -0.3 is 9.80 Å². The van der Waals surface area contributed by atoms with Crippen LogP contribution in [-0.4, -0.2) is 30.3 Å². The van der Waals surface area contributed by atoms with E-state index in [0.717, 1.165) is 29.3 Å². The summed E-state index contributed by atoms with van der Waals surface area (Å²) in [5.74, 6) is 1.58. The van der Waals surface area contributed by atoms with Crippen LogP contribution in [0.15, 0.2) is 30.6 Å². The molecule has 0 saturated carbocycles. The van der Waals surface area contributed by atoms with E-state index < -0.39 is 0 Å². The molecule has 2 aromatic rings. The fourth-order valence-corrected chi connectivity index (χ4v) is 2.27. The Hall–Kier alpha value is -2.43. The van der Waals surface area contributed by atoms with E-state index >= 15 is 0 Å². The van der Waals surface area contributed by atoms with E-state index in [-0.39, 0.29) is 0 Å². The highest BCUT2D eigenvalue weighted by atomic mass is 16.1. The largest absolute Gasteiger partial charge is 0.338 e. The van der Waals surface area contributed by atoms with Crippen molar-refractivity contribution in [1.29, 1.82) is 0 Å². The van der Waals surface area contributed by atoms with Gasteiger partial charge in [0.25, 0.3) is 0 Å². The first kappa shape index (κ1) is 10.7. The van der Waals surface area contributed by atoms with E-state index in [9.17, 15) is 4.79 Å². The Morgan fingerprint density at radius 1 is 1.06 bits per heavy atom. The molecule has 0 radical (unpaired) electrons. The molecule has 0 saturated heterocycles. The second-order valence-electron chi connectivity index (χ2n) is 4.15. The quantitative estimate of drug-likeness (QED) is 0.715. The number of hydrogen-bond acceptors (Lipinski definition) is 5. The number of carbonyl (C=O) groups is 1. The number of pyridine rings is 2. The lowest BCUT2D eigenvalue weighted by Gasteiger charge is -2.34. The lowest BCUT2D eigenvalue weighted by atomic mass is 10.1. The molecule has 5 nitrogen and oxygen atoms in total. The van der Waals surface area contributed by atoms with Crippen LogP contribution in [0.1, 0.15) is 10.4 Å². The van der Waals surface area contributed by atoms with Crippen LogP contribution in [0.25, 0.3) is 0 Å². The van der Waals surface area contributed by atoms with Crippen molar-refractivity contribution in [3.63, 3.8) is 0 Å². The molecule has 1 aliphatic heterocycles. The van der Waals surface area contributed by atoms with Crippen molar-refractivity contribution in [1.82, 2.24) is 9.97 Å². The number of carbonyl (C=O) groups excluding carboxylic acids is 1. The maximum absolute atomic E-state index is 11.2. The van der Waals surface area contributed by atoms with E-state index in [2.05, 4.69) is 9.97 Å². The third-order valence-electron chi connectivity index (χ3n) is 3.16. The van der Waals surface area contributed by atoms with Gasteiger partial charge in [-0.1, -0.05) is 0 Å². The standard InChI is InChI=1S/C13H12N4O/c1-16-10-4-3-6-14-12(10)17(2)13-11(16)9(8-18)5-7-15-13/h3-8H,1-2H3. The molecule has 0 aromatic carbocycles. The Morgan fingerprint density at radius 3 is 2.61 bits per heavy atom. The molecule has 0 unspecified atom stereocenters. The molecule has 90 valence electrons. The molecule has 0 spiro atoms. The Balaban J connectivity index is 2.30. The minimum absolute atomic E-state index is 0.629. The van der Waals surface area contributed by atoms with Gasteiger partial charge in [-0.05, 0) is 18.2 Å². The summed E-state index contributed by atoms with van der Waals surface area (Å²) in [6, 6.07) is 5.58. The van der Waals surface area contributed by atoms with Gasteiger partial charge in [0.2, 0.25) is 0 Å². The number of nitrogens with zero attached hydrogens (tertiary/aromatic N) is 4. The number of fused-ring (bicyclic) bond motifs is 2. The zero-order valence-corrected chi connectivity index (χ0v) is 10.2. The molecule has 0 aliphatic carbocycles. The summed E-state index contributed by atoms with van der Waals surface area (Å²) in [6.07, 6.45) is 4.24. The summed E-state index contributed by atoms with van der Waals surface area (Å²) in [5, 5.41) is 0. The smallest absolute Gasteiger partial charge is 0.158 e. The molecule has 2 aromatic heterocycles. The highest BCUT2D eigenvalue weighted by molar-refractivity contribution is 5.97. The normalized spacial score (nSPS) is 13.0. The van der Waals surface area contributed by atoms with Crippen molar-refractivity contribution in [2.24, 2.45) is 0 Å². The maximum Gasteiger partial charge on any atom is 0.158 e. The second kappa shape index (κ2) is 3.80. The van der Waals surface area contributed by atoms with Gasteiger partial charge >= 0.3 is 0 Å². The number of rotatable bonds is 1. The van der Waals surface area contributed by atoms with Gasteiger partial charge in [-0.3, -0.25) is 4.79 Å². The molecular weight excluding hydrogens is 228 g/mol. The molecule has 0 bridgehead atoms. The minimum atomic E-state index is 0.629. The van der Waals surface area contributed by atoms with Gasteiger partial charge in [0.05, 0.1) is 11.4 Å². The van der Waals surface area contributed by atoms with Crippen LogP contribution in [0.3, 0.4) is 0 Å². The van der Waals surface area contributed by atoms with Crippen molar-refractivity contribution >= 4 is 29.3 Å². The highest BCUT2D eigenvalue weighted by Gasteiger charge is 2.27. The lowest BCUT2D eigenvalue weighted by Crippen LogP contribution is -2.27. The van der Waals surface area contributed by atoms with Gasteiger partial charge in [-0.2, -0.15) is 0 Å². The Bertz CT molecular complexity index is 626. The number of anilines is 4. The van der Waals surface area contributed by atoms with Crippen molar-refractivity contribution < 1.29 is 4.79 Å². The summed E-state index contributed by atoms with van der Waals surface area (Å²) in [6.45, 7) is 0. The average molecular weight is 240 g/mol. The number of hydrogen-bond donors (Lipinski definition) is 0. The second-order valence-corrected chi connectivity index (χ2v) is 4.15. The number of aromatic nitrogens is 2. The molecule has 3 rings (SSSR count). The third kappa shape index (κ3) is 1.30. The molecule has 3 heterocycles. The van der Waals surface area contributed by atoms with Gasteiger partial charge in [0.15, 0.2) is 17.9 Å². The summed E-state index contributed by atoms with van der Waals surface area (Å²) >= 11 is 0. The fraction of sp³-hybridized carbons (Fsp3) is 0.154. The zero-order chi connectivity index (χ0) is 12.7.